The van der Waals surface area contributed by atoms with Crippen LogP contribution in [0.1, 0.15) is 19.3 Å². The maximum Gasteiger partial charge on any atom is 0.228 e. The SMILES string of the molecule is NC(=NC1=NC(CN2CCOCC2)CC(=O)N1)C1=CC=CCC1. The molecule has 1 amide bonds. The number of aliphatic imine (C=N–C) groups is 2. The van der Waals surface area contributed by atoms with Crippen molar-refractivity contribution in [2.45, 2.75) is 25.3 Å². The fourth-order valence-corrected chi connectivity index (χ4v) is 2.89. The van der Waals surface area contributed by atoms with Crippen LogP contribution in [0.5, 0.6) is 0 Å². The molecule has 0 radical (unpaired) electrons. The van der Waals surface area contributed by atoms with Crippen molar-refractivity contribution in [3.05, 3.63) is 23.8 Å². The molecule has 0 aromatic rings. The van der Waals surface area contributed by atoms with Crippen LogP contribution in [0, 0.1) is 0 Å². The summed E-state index contributed by atoms with van der Waals surface area (Å²) in [6.45, 7) is 3.99. The minimum atomic E-state index is -0.0753. The van der Waals surface area contributed by atoms with E-state index in [0.29, 0.717) is 18.2 Å². The molecule has 23 heavy (non-hydrogen) atoms. The molecule has 3 aliphatic rings. The van der Waals surface area contributed by atoms with Gasteiger partial charge in [-0.25, -0.2) is 4.99 Å². The third-order valence-electron chi connectivity index (χ3n) is 4.12. The zero-order valence-electron chi connectivity index (χ0n) is 13.2. The van der Waals surface area contributed by atoms with Gasteiger partial charge < -0.3 is 10.5 Å². The Hall–Kier alpha value is -1.99. The van der Waals surface area contributed by atoms with E-state index in [1.165, 1.54) is 0 Å². The van der Waals surface area contributed by atoms with E-state index < -0.39 is 0 Å². The van der Waals surface area contributed by atoms with Gasteiger partial charge in [0.2, 0.25) is 11.9 Å². The molecule has 2 aliphatic heterocycles. The second-order valence-electron chi connectivity index (χ2n) is 5.93. The van der Waals surface area contributed by atoms with Crippen molar-refractivity contribution in [1.29, 1.82) is 0 Å². The largest absolute Gasteiger partial charge is 0.383 e. The quantitative estimate of drug-likeness (QED) is 0.574. The fourth-order valence-electron chi connectivity index (χ4n) is 2.89. The molecule has 7 nitrogen and oxygen atoms in total. The molecule has 1 saturated heterocycles. The highest BCUT2D eigenvalue weighted by Crippen LogP contribution is 2.13. The van der Waals surface area contributed by atoms with Crippen molar-refractivity contribution < 1.29 is 9.53 Å². The van der Waals surface area contributed by atoms with Gasteiger partial charge in [-0.05, 0) is 18.4 Å². The van der Waals surface area contributed by atoms with Crippen molar-refractivity contribution in [3.8, 4) is 0 Å². The van der Waals surface area contributed by atoms with Crippen LogP contribution < -0.4 is 11.1 Å². The molecule has 0 bridgehead atoms. The van der Waals surface area contributed by atoms with E-state index in [-0.39, 0.29) is 11.9 Å². The van der Waals surface area contributed by atoms with Gasteiger partial charge in [-0.3, -0.25) is 15.0 Å². The number of hydrogen-bond acceptors (Lipinski definition) is 5. The molecule has 0 aromatic heterocycles. The van der Waals surface area contributed by atoms with E-state index >= 15 is 0 Å². The summed E-state index contributed by atoms with van der Waals surface area (Å²) in [5, 5.41) is 2.71. The number of guanidine groups is 1. The number of allylic oxidation sites excluding steroid dienone is 3. The number of carbonyl (C=O) groups is 1. The van der Waals surface area contributed by atoms with Crippen LogP contribution in [0.25, 0.3) is 0 Å². The molecule has 3 rings (SSSR count). The van der Waals surface area contributed by atoms with Crippen molar-refractivity contribution in [2.24, 2.45) is 15.7 Å². The summed E-state index contributed by atoms with van der Waals surface area (Å²) >= 11 is 0. The Balaban J connectivity index is 1.68. The third-order valence-corrected chi connectivity index (χ3v) is 4.12. The molecule has 3 N–H and O–H groups in total. The lowest BCUT2D eigenvalue weighted by Crippen LogP contribution is -2.45. The molecule has 0 saturated carbocycles. The number of amidine groups is 1. The monoisotopic (exact) mass is 317 g/mol. The van der Waals surface area contributed by atoms with Crippen molar-refractivity contribution >= 4 is 17.7 Å². The van der Waals surface area contributed by atoms with Gasteiger partial charge in [-0.15, -0.1) is 0 Å². The summed E-state index contributed by atoms with van der Waals surface area (Å²) in [5.41, 5.74) is 7.03. The summed E-state index contributed by atoms with van der Waals surface area (Å²) in [4.78, 5) is 23.1. The lowest BCUT2D eigenvalue weighted by atomic mass is 10.0. The molecule has 1 atom stereocenters. The zero-order chi connectivity index (χ0) is 16.1. The van der Waals surface area contributed by atoms with Gasteiger partial charge in [0, 0.05) is 19.6 Å². The standard InChI is InChI=1S/C16H23N5O2/c17-15(12-4-2-1-3-5-12)20-16-18-13(10-14(22)19-16)11-21-6-8-23-9-7-21/h1-2,4,13H,3,5-11H2,(H3,17,18,19,20,22). The first-order valence-corrected chi connectivity index (χ1v) is 8.09. The van der Waals surface area contributed by atoms with Crippen LogP contribution in [-0.4, -0.2) is 61.5 Å². The molecule has 0 spiro atoms. The van der Waals surface area contributed by atoms with E-state index in [4.69, 9.17) is 10.5 Å². The predicted octanol–water partition coefficient (Wildman–Crippen LogP) is 0.197. The highest BCUT2D eigenvalue weighted by atomic mass is 16.5. The van der Waals surface area contributed by atoms with E-state index in [1.807, 2.05) is 12.2 Å². The second kappa shape index (κ2) is 7.52. The summed E-state index contributed by atoms with van der Waals surface area (Å²) in [6.07, 6.45) is 8.24. The van der Waals surface area contributed by atoms with Gasteiger partial charge in [-0.1, -0.05) is 18.2 Å². The van der Waals surface area contributed by atoms with E-state index in [1.54, 1.807) is 0 Å². The molecule has 1 fully saturated rings. The predicted molar refractivity (Wildman–Crippen MR) is 89.3 cm³/mol. The van der Waals surface area contributed by atoms with Gasteiger partial charge in [-0.2, -0.15) is 4.99 Å². The topological polar surface area (TPSA) is 92.3 Å². The van der Waals surface area contributed by atoms with Crippen LogP contribution in [0.15, 0.2) is 33.8 Å². The lowest BCUT2D eigenvalue weighted by molar-refractivity contribution is -0.120. The first kappa shape index (κ1) is 15.9. The van der Waals surface area contributed by atoms with Crippen molar-refractivity contribution in [2.75, 3.05) is 32.8 Å². The van der Waals surface area contributed by atoms with Crippen LogP contribution in [0.3, 0.4) is 0 Å². The van der Waals surface area contributed by atoms with E-state index in [2.05, 4.69) is 26.3 Å². The Bertz CT molecular complexity index is 573. The maximum absolute atomic E-state index is 11.9. The number of ether oxygens (including phenoxy) is 1. The number of rotatable bonds is 3. The van der Waals surface area contributed by atoms with Crippen LogP contribution >= 0.6 is 0 Å². The summed E-state index contributed by atoms with van der Waals surface area (Å²) < 4.78 is 5.34. The number of carbonyl (C=O) groups excluding carboxylic acids is 1. The van der Waals surface area contributed by atoms with Gasteiger partial charge in [0.25, 0.3) is 0 Å². The minimum Gasteiger partial charge on any atom is -0.383 e. The second-order valence-corrected chi connectivity index (χ2v) is 5.93. The Labute approximate surface area is 136 Å². The lowest BCUT2D eigenvalue weighted by Gasteiger charge is -2.30. The Kier molecular flexibility index (Phi) is 5.19. The van der Waals surface area contributed by atoms with E-state index in [9.17, 15) is 4.79 Å². The number of morpholine rings is 1. The average Bonchev–Trinajstić information content (AvgIpc) is 2.56. The normalized spacial score (nSPS) is 26.5. The Morgan fingerprint density at radius 3 is 3.04 bits per heavy atom. The highest BCUT2D eigenvalue weighted by molar-refractivity contribution is 6.09. The molecule has 2 heterocycles. The number of amides is 1. The maximum atomic E-state index is 11.9. The first-order chi connectivity index (χ1) is 11.2. The van der Waals surface area contributed by atoms with Crippen LogP contribution in [-0.2, 0) is 9.53 Å². The first-order valence-electron chi connectivity index (χ1n) is 8.09. The Morgan fingerprint density at radius 1 is 1.48 bits per heavy atom. The number of hydrogen-bond donors (Lipinski definition) is 2. The minimum absolute atomic E-state index is 0.0534. The Morgan fingerprint density at radius 2 is 2.30 bits per heavy atom. The number of nitrogens with one attached hydrogen (secondary N) is 1. The molecular weight excluding hydrogens is 294 g/mol. The molecule has 7 heteroatoms. The molecule has 1 unspecified atom stereocenters. The number of nitrogens with zero attached hydrogens (tertiary/aromatic N) is 3. The zero-order valence-corrected chi connectivity index (χ0v) is 13.2. The summed E-state index contributed by atoms with van der Waals surface area (Å²) in [7, 11) is 0. The molecule has 124 valence electrons. The number of nitrogens with two attached hydrogens (primary N) is 1. The molecular formula is C16H23N5O2. The van der Waals surface area contributed by atoms with Crippen molar-refractivity contribution in [1.82, 2.24) is 10.2 Å². The summed E-state index contributed by atoms with van der Waals surface area (Å²) in [5.74, 6) is 0.704. The van der Waals surface area contributed by atoms with Gasteiger partial charge in [0.15, 0.2) is 0 Å². The van der Waals surface area contributed by atoms with Crippen LogP contribution in [0.2, 0.25) is 0 Å². The van der Waals surface area contributed by atoms with Crippen molar-refractivity contribution in [3.63, 3.8) is 0 Å². The third kappa shape index (κ3) is 4.49. The van der Waals surface area contributed by atoms with Crippen LogP contribution in [0.4, 0.5) is 0 Å². The average molecular weight is 317 g/mol. The summed E-state index contributed by atoms with van der Waals surface area (Å²) in [6, 6.07) is -0.0753. The van der Waals surface area contributed by atoms with Gasteiger partial charge in [0.05, 0.1) is 25.7 Å². The molecule has 1 aliphatic carbocycles. The molecule has 0 aromatic carbocycles. The fraction of sp³-hybridized carbons (Fsp3) is 0.562. The van der Waals surface area contributed by atoms with Gasteiger partial charge >= 0.3 is 0 Å². The smallest absolute Gasteiger partial charge is 0.228 e. The van der Waals surface area contributed by atoms with Gasteiger partial charge in [0.1, 0.15) is 5.84 Å². The highest BCUT2D eigenvalue weighted by Gasteiger charge is 2.24. The van der Waals surface area contributed by atoms with E-state index in [0.717, 1.165) is 51.3 Å².